The molecule has 1 aromatic heterocycles. The molecule has 2 nitrogen and oxygen atoms in total. The van der Waals surface area contributed by atoms with E-state index in [4.69, 9.17) is 4.74 Å². The van der Waals surface area contributed by atoms with Gasteiger partial charge in [0.05, 0.1) is 6.10 Å². The second kappa shape index (κ2) is 8.20. The molecule has 1 aromatic carbocycles. The van der Waals surface area contributed by atoms with E-state index in [1.54, 1.807) is 11.3 Å². The van der Waals surface area contributed by atoms with E-state index >= 15 is 0 Å². The molecular weight excluding hydrogens is 278 g/mol. The summed E-state index contributed by atoms with van der Waals surface area (Å²) >= 11 is 1.77. The molecule has 0 amide bonds. The molecule has 1 unspecified atom stereocenters. The summed E-state index contributed by atoms with van der Waals surface area (Å²) in [6.45, 7) is 7.26. The Morgan fingerprint density at radius 1 is 1.24 bits per heavy atom. The molecule has 1 heterocycles. The van der Waals surface area contributed by atoms with Gasteiger partial charge >= 0.3 is 0 Å². The first-order chi connectivity index (χ1) is 10.2. The molecule has 0 aliphatic rings. The fraction of sp³-hybridized carbons (Fsp3) is 0.444. The third-order valence-electron chi connectivity index (χ3n) is 3.38. The number of ether oxygens (including phenoxy) is 1. The van der Waals surface area contributed by atoms with Crippen LogP contribution in [0.3, 0.4) is 0 Å². The van der Waals surface area contributed by atoms with Crippen molar-refractivity contribution in [1.29, 1.82) is 0 Å². The van der Waals surface area contributed by atoms with Gasteiger partial charge in [-0.05, 0) is 73.3 Å². The number of thiophene rings is 1. The lowest BCUT2D eigenvalue weighted by molar-refractivity contribution is 0.242. The van der Waals surface area contributed by atoms with Crippen molar-refractivity contribution in [3.05, 3.63) is 52.2 Å². The van der Waals surface area contributed by atoms with E-state index in [2.05, 4.69) is 61.1 Å². The smallest absolute Gasteiger partial charge is 0.120 e. The quantitative estimate of drug-likeness (QED) is 0.755. The minimum atomic E-state index is 0.212. The molecule has 2 aromatic rings. The average Bonchev–Trinajstić information content (AvgIpc) is 2.96. The Labute approximate surface area is 132 Å². The second-order valence-corrected chi connectivity index (χ2v) is 6.30. The first-order valence-corrected chi connectivity index (χ1v) is 8.64. The van der Waals surface area contributed by atoms with Crippen LogP contribution in [0.25, 0.3) is 0 Å². The van der Waals surface area contributed by atoms with Gasteiger partial charge in [-0.15, -0.1) is 0 Å². The van der Waals surface area contributed by atoms with Crippen molar-refractivity contribution in [3.8, 4) is 5.75 Å². The van der Waals surface area contributed by atoms with Crippen LogP contribution in [0.2, 0.25) is 0 Å². The molecule has 1 N–H and O–H groups in total. The summed E-state index contributed by atoms with van der Waals surface area (Å²) in [6, 6.07) is 11.1. The van der Waals surface area contributed by atoms with Crippen LogP contribution in [0.15, 0.2) is 41.1 Å². The van der Waals surface area contributed by atoms with E-state index < -0.39 is 0 Å². The van der Waals surface area contributed by atoms with E-state index in [1.807, 2.05) is 6.07 Å². The largest absolute Gasteiger partial charge is 0.491 e. The molecule has 21 heavy (non-hydrogen) atoms. The summed E-state index contributed by atoms with van der Waals surface area (Å²) in [5, 5.41) is 7.97. The summed E-state index contributed by atoms with van der Waals surface area (Å²) in [5.74, 6) is 0.959. The maximum atomic E-state index is 5.81. The maximum Gasteiger partial charge on any atom is 0.120 e. The maximum absolute atomic E-state index is 5.81. The SMILES string of the molecule is CCNC(CCc1ccsc1)c1cccc(OC(C)C)c1. The molecule has 0 bridgehead atoms. The predicted molar refractivity (Wildman–Crippen MR) is 91.3 cm³/mol. The zero-order chi connectivity index (χ0) is 15.1. The average molecular weight is 303 g/mol. The number of hydrogen-bond donors (Lipinski definition) is 1. The first-order valence-electron chi connectivity index (χ1n) is 7.70. The third kappa shape index (κ3) is 5.18. The molecule has 0 fully saturated rings. The normalized spacial score (nSPS) is 12.6. The number of rotatable bonds is 8. The van der Waals surface area contributed by atoms with E-state index in [0.717, 1.165) is 25.1 Å². The zero-order valence-corrected chi connectivity index (χ0v) is 14.0. The number of benzene rings is 1. The van der Waals surface area contributed by atoms with Crippen LogP contribution < -0.4 is 10.1 Å². The molecule has 0 aliphatic heterocycles. The van der Waals surface area contributed by atoms with Crippen LogP contribution in [0.5, 0.6) is 5.75 Å². The van der Waals surface area contributed by atoms with Gasteiger partial charge in [-0.3, -0.25) is 0 Å². The fourth-order valence-corrected chi connectivity index (χ4v) is 3.16. The topological polar surface area (TPSA) is 21.3 Å². The van der Waals surface area contributed by atoms with Gasteiger partial charge in [0.2, 0.25) is 0 Å². The predicted octanol–water partition coefficient (Wildman–Crippen LogP) is 4.82. The van der Waals surface area contributed by atoms with Gasteiger partial charge in [0, 0.05) is 6.04 Å². The highest BCUT2D eigenvalue weighted by Gasteiger charge is 2.12. The number of aryl methyl sites for hydroxylation is 1. The highest BCUT2D eigenvalue weighted by atomic mass is 32.1. The standard InChI is InChI=1S/C18H25NOS/c1-4-19-18(9-8-15-10-11-21-13-15)16-6-5-7-17(12-16)20-14(2)3/h5-7,10-14,18-19H,4,8-9H2,1-3H3. The van der Waals surface area contributed by atoms with Gasteiger partial charge in [0.25, 0.3) is 0 Å². The van der Waals surface area contributed by atoms with Crippen molar-refractivity contribution in [2.75, 3.05) is 6.54 Å². The molecule has 0 saturated heterocycles. The Kier molecular flexibility index (Phi) is 6.27. The summed E-state index contributed by atoms with van der Waals surface area (Å²) < 4.78 is 5.81. The number of hydrogen-bond acceptors (Lipinski definition) is 3. The molecular formula is C18H25NOS. The van der Waals surface area contributed by atoms with E-state index in [1.165, 1.54) is 11.1 Å². The highest BCUT2D eigenvalue weighted by molar-refractivity contribution is 7.07. The van der Waals surface area contributed by atoms with Crippen LogP contribution in [-0.4, -0.2) is 12.6 Å². The van der Waals surface area contributed by atoms with Gasteiger partial charge in [0.1, 0.15) is 5.75 Å². The minimum absolute atomic E-state index is 0.212. The second-order valence-electron chi connectivity index (χ2n) is 5.52. The van der Waals surface area contributed by atoms with Crippen molar-refractivity contribution in [1.82, 2.24) is 5.32 Å². The molecule has 1 atom stereocenters. The zero-order valence-electron chi connectivity index (χ0n) is 13.1. The van der Waals surface area contributed by atoms with Gasteiger partial charge in [-0.25, -0.2) is 0 Å². The Balaban J connectivity index is 2.05. The summed E-state index contributed by atoms with van der Waals surface area (Å²) in [5.41, 5.74) is 2.74. The molecule has 0 spiro atoms. The number of nitrogens with one attached hydrogen (secondary N) is 1. The fourth-order valence-electron chi connectivity index (χ4n) is 2.46. The molecule has 114 valence electrons. The van der Waals surface area contributed by atoms with E-state index in [9.17, 15) is 0 Å². The summed E-state index contributed by atoms with van der Waals surface area (Å²) in [6.07, 6.45) is 2.43. The summed E-state index contributed by atoms with van der Waals surface area (Å²) in [4.78, 5) is 0. The van der Waals surface area contributed by atoms with E-state index in [-0.39, 0.29) is 6.10 Å². The van der Waals surface area contributed by atoms with Gasteiger partial charge < -0.3 is 10.1 Å². The first kappa shape index (κ1) is 16.1. The molecule has 0 radical (unpaired) electrons. The Hall–Kier alpha value is -1.32. The van der Waals surface area contributed by atoms with Gasteiger partial charge in [-0.2, -0.15) is 11.3 Å². The van der Waals surface area contributed by atoms with Crippen molar-refractivity contribution >= 4 is 11.3 Å². The van der Waals surface area contributed by atoms with Gasteiger partial charge in [-0.1, -0.05) is 19.1 Å². The van der Waals surface area contributed by atoms with Crippen molar-refractivity contribution < 1.29 is 4.74 Å². The van der Waals surface area contributed by atoms with Crippen molar-refractivity contribution in [2.45, 2.75) is 45.8 Å². The third-order valence-corrected chi connectivity index (χ3v) is 4.12. The lowest BCUT2D eigenvalue weighted by Gasteiger charge is -2.19. The molecule has 3 heteroatoms. The minimum Gasteiger partial charge on any atom is -0.491 e. The lowest BCUT2D eigenvalue weighted by atomic mass is 10.00. The Bertz CT molecular complexity index is 522. The highest BCUT2D eigenvalue weighted by Crippen LogP contribution is 2.24. The lowest BCUT2D eigenvalue weighted by Crippen LogP contribution is -2.21. The van der Waals surface area contributed by atoms with Crippen LogP contribution in [0.1, 0.15) is 44.4 Å². The monoisotopic (exact) mass is 303 g/mol. The molecule has 0 aliphatic carbocycles. The van der Waals surface area contributed by atoms with Crippen LogP contribution in [-0.2, 0) is 6.42 Å². The Morgan fingerprint density at radius 2 is 2.10 bits per heavy atom. The van der Waals surface area contributed by atoms with Crippen LogP contribution >= 0.6 is 11.3 Å². The van der Waals surface area contributed by atoms with Crippen LogP contribution in [0.4, 0.5) is 0 Å². The van der Waals surface area contributed by atoms with E-state index in [0.29, 0.717) is 6.04 Å². The van der Waals surface area contributed by atoms with Crippen molar-refractivity contribution in [3.63, 3.8) is 0 Å². The summed E-state index contributed by atoms with van der Waals surface area (Å²) in [7, 11) is 0. The molecule has 2 rings (SSSR count). The van der Waals surface area contributed by atoms with Crippen LogP contribution in [0, 0.1) is 0 Å². The van der Waals surface area contributed by atoms with Crippen molar-refractivity contribution in [2.24, 2.45) is 0 Å². The Morgan fingerprint density at radius 3 is 2.76 bits per heavy atom. The molecule has 0 saturated carbocycles. The van der Waals surface area contributed by atoms with Gasteiger partial charge in [0.15, 0.2) is 0 Å².